The van der Waals surface area contributed by atoms with E-state index in [0.29, 0.717) is 5.17 Å². The van der Waals surface area contributed by atoms with Gasteiger partial charge in [-0.3, -0.25) is 15.5 Å². The number of nitro groups is 1. The molecule has 0 radical (unpaired) electrons. The Morgan fingerprint density at radius 1 is 1.53 bits per heavy atom. The van der Waals surface area contributed by atoms with Crippen LogP contribution in [0.25, 0.3) is 0 Å². The molecule has 0 amide bonds. The highest BCUT2D eigenvalue weighted by Crippen LogP contribution is 2.18. The SMILES string of the molecule is N=C1SCCN1CCc1cccc([N+](=O)[O-])c1. The molecular formula is C11H13N3O2S. The molecule has 1 saturated heterocycles. The molecule has 0 spiro atoms. The molecule has 1 fully saturated rings. The van der Waals surface area contributed by atoms with Crippen LogP contribution < -0.4 is 0 Å². The number of amidine groups is 1. The number of hydrogen-bond donors (Lipinski definition) is 1. The molecule has 0 bridgehead atoms. The number of thioether (sulfide) groups is 1. The Kier molecular flexibility index (Phi) is 3.63. The lowest BCUT2D eigenvalue weighted by Gasteiger charge is -2.16. The van der Waals surface area contributed by atoms with Crippen molar-refractivity contribution in [2.45, 2.75) is 6.42 Å². The average Bonchev–Trinajstić information content (AvgIpc) is 2.72. The van der Waals surface area contributed by atoms with Gasteiger partial charge in [-0.1, -0.05) is 23.9 Å². The smallest absolute Gasteiger partial charge is 0.269 e. The van der Waals surface area contributed by atoms with Gasteiger partial charge >= 0.3 is 0 Å². The van der Waals surface area contributed by atoms with E-state index in [0.717, 1.165) is 30.8 Å². The van der Waals surface area contributed by atoms with Gasteiger partial charge in [0.1, 0.15) is 0 Å². The average molecular weight is 251 g/mol. The summed E-state index contributed by atoms with van der Waals surface area (Å²) in [5, 5.41) is 18.9. The van der Waals surface area contributed by atoms with Gasteiger partial charge in [-0.25, -0.2) is 0 Å². The highest BCUT2D eigenvalue weighted by atomic mass is 32.2. The van der Waals surface area contributed by atoms with Gasteiger partial charge in [-0.2, -0.15) is 0 Å². The van der Waals surface area contributed by atoms with Crippen molar-refractivity contribution in [1.29, 1.82) is 5.41 Å². The summed E-state index contributed by atoms with van der Waals surface area (Å²) < 4.78 is 0. The van der Waals surface area contributed by atoms with Crippen molar-refractivity contribution in [1.82, 2.24) is 4.90 Å². The zero-order chi connectivity index (χ0) is 12.3. The van der Waals surface area contributed by atoms with E-state index in [-0.39, 0.29) is 10.6 Å². The monoisotopic (exact) mass is 251 g/mol. The summed E-state index contributed by atoms with van der Waals surface area (Å²) in [6.45, 7) is 1.66. The first-order valence-corrected chi connectivity index (χ1v) is 6.35. The fourth-order valence-electron chi connectivity index (χ4n) is 1.75. The molecule has 0 aromatic heterocycles. The zero-order valence-electron chi connectivity index (χ0n) is 9.26. The van der Waals surface area contributed by atoms with Crippen LogP contribution in [0, 0.1) is 15.5 Å². The molecule has 1 heterocycles. The Labute approximate surface area is 103 Å². The van der Waals surface area contributed by atoms with Gasteiger partial charge in [0.15, 0.2) is 5.17 Å². The second-order valence-electron chi connectivity index (χ2n) is 3.82. The minimum Gasteiger partial charge on any atom is -0.350 e. The largest absolute Gasteiger partial charge is 0.350 e. The van der Waals surface area contributed by atoms with E-state index in [4.69, 9.17) is 5.41 Å². The van der Waals surface area contributed by atoms with Crippen molar-refractivity contribution in [3.05, 3.63) is 39.9 Å². The Balaban J connectivity index is 1.96. The summed E-state index contributed by atoms with van der Waals surface area (Å²) in [7, 11) is 0. The quantitative estimate of drug-likeness (QED) is 0.657. The predicted molar refractivity (Wildman–Crippen MR) is 68.6 cm³/mol. The maximum absolute atomic E-state index is 10.6. The molecule has 0 atom stereocenters. The molecule has 0 unspecified atom stereocenters. The van der Waals surface area contributed by atoms with Crippen LogP contribution in [-0.2, 0) is 6.42 Å². The summed E-state index contributed by atoms with van der Waals surface area (Å²) in [4.78, 5) is 12.2. The van der Waals surface area contributed by atoms with Crippen molar-refractivity contribution < 1.29 is 4.92 Å². The summed E-state index contributed by atoms with van der Waals surface area (Å²) in [5.41, 5.74) is 1.08. The minimum atomic E-state index is -0.378. The molecule has 6 heteroatoms. The minimum absolute atomic E-state index is 0.133. The highest BCUT2D eigenvalue weighted by molar-refractivity contribution is 8.14. The number of rotatable bonds is 4. The third kappa shape index (κ3) is 2.97. The van der Waals surface area contributed by atoms with Gasteiger partial charge in [-0.05, 0) is 12.0 Å². The number of nitrogens with zero attached hydrogens (tertiary/aromatic N) is 2. The number of non-ortho nitro benzene ring substituents is 1. The number of benzene rings is 1. The lowest BCUT2D eigenvalue weighted by molar-refractivity contribution is -0.384. The highest BCUT2D eigenvalue weighted by Gasteiger charge is 2.17. The molecule has 90 valence electrons. The van der Waals surface area contributed by atoms with E-state index in [1.807, 2.05) is 11.0 Å². The van der Waals surface area contributed by atoms with Gasteiger partial charge < -0.3 is 4.90 Å². The van der Waals surface area contributed by atoms with E-state index < -0.39 is 0 Å². The maximum atomic E-state index is 10.6. The third-order valence-corrected chi connectivity index (χ3v) is 3.60. The van der Waals surface area contributed by atoms with E-state index in [1.165, 1.54) is 6.07 Å². The molecule has 1 aliphatic rings. The van der Waals surface area contributed by atoms with E-state index in [1.54, 1.807) is 23.9 Å². The normalized spacial score (nSPS) is 15.3. The first kappa shape index (κ1) is 11.9. The predicted octanol–water partition coefficient (Wildman–Crippen LogP) is 2.12. The van der Waals surface area contributed by atoms with Crippen molar-refractivity contribution in [2.24, 2.45) is 0 Å². The molecule has 1 aromatic rings. The van der Waals surface area contributed by atoms with Crippen molar-refractivity contribution in [3.8, 4) is 0 Å². The van der Waals surface area contributed by atoms with Crippen LogP contribution in [-0.4, -0.2) is 33.8 Å². The van der Waals surface area contributed by atoms with Crippen molar-refractivity contribution in [3.63, 3.8) is 0 Å². The summed E-state index contributed by atoms with van der Waals surface area (Å²) in [6, 6.07) is 6.70. The second kappa shape index (κ2) is 5.18. The second-order valence-corrected chi connectivity index (χ2v) is 4.90. The Morgan fingerprint density at radius 3 is 3.00 bits per heavy atom. The molecule has 0 aliphatic carbocycles. The fraction of sp³-hybridized carbons (Fsp3) is 0.364. The molecule has 1 aliphatic heterocycles. The van der Waals surface area contributed by atoms with Crippen LogP contribution in [0.4, 0.5) is 5.69 Å². The van der Waals surface area contributed by atoms with Crippen molar-refractivity contribution in [2.75, 3.05) is 18.8 Å². The topological polar surface area (TPSA) is 70.2 Å². The fourth-order valence-corrected chi connectivity index (χ4v) is 2.62. The van der Waals surface area contributed by atoms with Crippen LogP contribution >= 0.6 is 11.8 Å². The molecule has 1 N–H and O–H groups in total. The standard InChI is InChI=1S/C11H13N3O2S/c12-11-13(6-7-17-11)5-4-9-2-1-3-10(8-9)14(15)16/h1-3,8,12H,4-7H2. The number of hydrogen-bond acceptors (Lipinski definition) is 4. The third-order valence-electron chi connectivity index (χ3n) is 2.68. The first-order valence-electron chi connectivity index (χ1n) is 5.36. The molecule has 1 aromatic carbocycles. The summed E-state index contributed by atoms with van der Waals surface area (Å²) in [6.07, 6.45) is 0.741. The van der Waals surface area contributed by atoms with Crippen LogP contribution in [0.15, 0.2) is 24.3 Å². The van der Waals surface area contributed by atoms with Crippen LogP contribution in [0.1, 0.15) is 5.56 Å². The molecule has 5 nitrogen and oxygen atoms in total. The summed E-state index contributed by atoms with van der Waals surface area (Å²) in [5.74, 6) is 0.966. The molecular weight excluding hydrogens is 238 g/mol. The zero-order valence-corrected chi connectivity index (χ0v) is 10.1. The Morgan fingerprint density at radius 2 is 2.35 bits per heavy atom. The molecule has 17 heavy (non-hydrogen) atoms. The van der Waals surface area contributed by atoms with Crippen LogP contribution in [0.3, 0.4) is 0 Å². The summed E-state index contributed by atoms with van der Waals surface area (Å²) >= 11 is 1.55. The maximum Gasteiger partial charge on any atom is 0.269 e. The Hall–Kier alpha value is -1.56. The lowest BCUT2D eigenvalue weighted by atomic mass is 10.1. The lowest BCUT2D eigenvalue weighted by Crippen LogP contribution is -2.26. The molecule has 2 rings (SSSR count). The van der Waals surface area contributed by atoms with E-state index >= 15 is 0 Å². The first-order chi connectivity index (χ1) is 8.16. The van der Waals surface area contributed by atoms with Crippen LogP contribution in [0.2, 0.25) is 0 Å². The van der Waals surface area contributed by atoms with E-state index in [9.17, 15) is 10.1 Å². The van der Waals surface area contributed by atoms with Gasteiger partial charge in [0.05, 0.1) is 4.92 Å². The number of nitro benzene ring substituents is 1. The van der Waals surface area contributed by atoms with Crippen LogP contribution in [0.5, 0.6) is 0 Å². The Bertz CT molecular complexity index is 450. The molecule has 0 saturated carbocycles. The van der Waals surface area contributed by atoms with Crippen molar-refractivity contribution >= 4 is 22.6 Å². The van der Waals surface area contributed by atoms with E-state index in [2.05, 4.69) is 0 Å². The number of nitrogens with one attached hydrogen (secondary N) is 1. The van der Waals surface area contributed by atoms with Gasteiger partial charge in [0, 0.05) is 31.0 Å². The van der Waals surface area contributed by atoms with Gasteiger partial charge in [0.2, 0.25) is 0 Å². The van der Waals surface area contributed by atoms with Gasteiger partial charge in [0.25, 0.3) is 5.69 Å². The van der Waals surface area contributed by atoms with Gasteiger partial charge in [-0.15, -0.1) is 0 Å².